The van der Waals surface area contributed by atoms with Crippen LogP contribution in [0.1, 0.15) is 18.9 Å². The molecule has 1 saturated heterocycles. The lowest BCUT2D eigenvalue weighted by atomic mass is 10.1. The summed E-state index contributed by atoms with van der Waals surface area (Å²) in [6, 6.07) is 6.94. The molecule has 1 fully saturated rings. The molecule has 6 heteroatoms. The van der Waals surface area contributed by atoms with Crippen LogP contribution in [0.2, 0.25) is 0 Å². The van der Waals surface area contributed by atoms with Crippen LogP contribution in [0.4, 0.5) is 10.5 Å². The molecule has 4 amide bonds. The third kappa shape index (κ3) is 3.34. The van der Waals surface area contributed by atoms with Crippen molar-refractivity contribution in [3.63, 3.8) is 0 Å². The molecule has 106 valence electrons. The molecular formula is C14H17N3O3. The standard InChI is InChI=1S/C14H17N3O3/c1-2-3-9-4-6-10(7-5-9)16-12(18)11-8-15-14(20)17-13(11)19/h4-7,11H,2-3,8H2,1H3,(H,16,18)(H2,15,17,19,20). The Morgan fingerprint density at radius 1 is 1.30 bits per heavy atom. The number of carbonyl (C=O) groups is 3. The minimum Gasteiger partial charge on any atom is -0.336 e. The van der Waals surface area contributed by atoms with Crippen LogP contribution in [0.15, 0.2) is 24.3 Å². The lowest BCUT2D eigenvalue weighted by molar-refractivity contribution is -0.132. The number of imide groups is 1. The summed E-state index contributed by atoms with van der Waals surface area (Å²) >= 11 is 0. The van der Waals surface area contributed by atoms with Crippen LogP contribution in [0.5, 0.6) is 0 Å². The number of carbonyl (C=O) groups excluding carboxylic acids is 3. The summed E-state index contributed by atoms with van der Waals surface area (Å²) in [5.74, 6) is -1.90. The quantitative estimate of drug-likeness (QED) is 0.717. The van der Waals surface area contributed by atoms with E-state index < -0.39 is 23.8 Å². The van der Waals surface area contributed by atoms with E-state index in [1.165, 1.54) is 5.56 Å². The van der Waals surface area contributed by atoms with E-state index in [0.717, 1.165) is 12.8 Å². The first-order chi connectivity index (χ1) is 9.60. The number of aryl methyl sites for hydroxylation is 1. The predicted octanol–water partition coefficient (Wildman–Crippen LogP) is 1.03. The van der Waals surface area contributed by atoms with Gasteiger partial charge in [0, 0.05) is 12.2 Å². The second-order valence-electron chi connectivity index (χ2n) is 4.69. The maximum Gasteiger partial charge on any atom is 0.321 e. The summed E-state index contributed by atoms with van der Waals surface area (Å²) < 4.78 is 0. The van der Waals surface area contributed by atoms with Crippen LogP contribution < -0.4 is 16.0 Å². The van der Waals surface area contributed by atoms with Gasteiger partial charge in [0.1, 0.15) is 5.92 Å². The zero-order chi connectivity index (χ0) is 14.5. The summed E-state index contributed by atoms with van der Waals surface area (Å²) in [7, 11) is 0. The van der Waals surface area contributed by atoms with Crippen molar-refractivity contribution in [2.75, 3.05) is 11.9 Å². The molecule has 0 bridgehead atoms. The van der Waals surface area contributed by atoms with Crippen molar-refractivity contribution in [2.45, 2.75) is 19.8 Å². The van der Waals surface area contributed by atoms with Gasteiger partial charge < -0.3 is 10.6 Å². The number of hydrogen-bond acceptors (Lipinski definition) is 3. The fraction of sp³-hybridized carbons (Fsp3) is 0.357. The van der Waals surface area contributed by atoms with E-state index in [4.69, 9.17) is 0 Å². The Hall–Kier alpha value is -2.37. The van der Waals surface area contributed by atoms with Crippen LogP contribution in [-0.4, -0.2) is 24.4 Å². The largest absolute Gasteiger partial charge is 0.336 e. The van der Waals surface area contributed by atoms with Crippen LogP contribution in [0.3, 0.4) is 0 Å². The molecule has 0 aromatic heterocycles. The first kappa shape index (κ1) is 14.0. The van der Waals surface area contributed by atoms with Gasteiger partial charge in [-0.2, -0.15) is 0 Å². The van der Waals surface area contributed by atoms with Gasteiger partial charge in [-0.25, -0.2) is 4.79 Å². The number of amides is 4. The van der Waals surface area contributed by atoms with Crippen molar-refractivity contribution < 1.29 is 14.4 Å². The number of anilines is 1. The zero-order valence-corrected chi connectivity index (χ0v) is 11.2. The molecule has 0 aliphatic carbocycles. The summed E-state index contributed by atoms with van der Waals surface area (Å²) in [5, 5.41) is 7.17. The zero-order valence-electron chi connectivity index (χ0n) is 11.2. The van der Waals surface area contributed by atoms with E-state index in [9.17, 15) is 14.4 Å². The molecule has 1 aromatic rings. The van der Waals surface area contributed by atoms with Crippen LogP contribution in [-0.2, 0) is 16.0 Å². The van der Waals surface area contributed by atoms with Crippen LogP contribution in [0.25, 0.3) is 0 Å². The fourth-order valence-corrected chi connectivity index (χ4v) is 2.02. The number of hydrogen-bond donors (Lipinski definition) is 3. The van der Waals surface area contributed by atoms with E-state index in [2.05, 4.69) is 22.9 Å². The van der Waals surface area contributed by atoms with Crippen molar-refractivity contribution in [3.8, 4) is 0 Å². The van der Waals surface area contributed by atoms with Gasteiger partial charge in [0.25, 0.3) is 0 Å². The summed E-state index contributed by atoms with van der Waals surface area (Å²) in [6.07, 6.45) is 2.05. The smallest absolute Gasteiger partial charge is 0.321 e. The molecule has 1 unspecified atom stereocenters. The van der Waals surface area contributed by atoms with E-state index in [-0.39, 0.29) is 6.54 Å². The Kier molecular flexibility index (Phi) is 4.34. The highest BCUT2D eigenvalue weighted by atomic mass is 16.2. The van der Waals surface area contributed by atoms with Crippen molar-refractivity contribution >= 4 is 23.5 Å². The highest BCUT2D eigenvalue weighted by Gasteiger charge is 2.32. The van der Waals surface area contributed by atoms with Gasteiger partial charge in [0.15, 0.2) is 0 Å². The second kappa shape index (κ2) is 6.18. The van der Waals surface area contributed by atoms with E-state index in [1.807, 2.05) is 24.3 Å². The van der Waals surface area contributed by atoms with Gasteiger partial charge in [-0.15, -0.1) is 0 Å². The number of benzene rings is 1. The van der Waals surface area contributed by atoms with E-state index >= 15 is 0 Å². The molecule has 2 rings (SSSR count). The average molecular weight is 275 g/mol. The topological polar surface area (TPSA) is 87.3 Å². The van der Waals surface area contributed by atoms with Gasteiger partial charge in [0.2, 0.25) is 11.8 Å². The molecule has 0 spiro atoms. The molecule has 20 heavy (non-hydrogen) atoms. The molecular weight excluding hydrogens is 258 g/mol. The average Bonchev–Trinajstić information content (AvgIpc) is 2.41. The minimum absolute atomic E-state index is 0.0183. The SMILES string of the molecule is CCCc1ccc(NC(=O)C2CNC(=O)NC2=O)cc1. The maximum absolute atomic E-state index is 12.0. The van der Waals surface area contributed by atoms with Crippen molar-refractivity contribution in [1.29, 1.82) is 0 Å². The summed E-state index contributed by atoms with van der Waals surface area (Å²) in [5.41, 5.74) is 1.84. The lowest BCUT2D eigenvalue weighted by Gasteiger charge is -2.21. The molecule has 1 aliphatic rings. The Bertz CT molecular complexity index is 525. The molecule has 1 aliphatic heterocycles. The lowest BCUT2D eigenvalue weighted by Crippen LogP contribution is -2.55. The van der Waals surface area contributed by atoms with Gasteiger partial charge in [-0.3, -0.25) is 14.9 Å². The Balaban J connectivity index is 1.97. The maximum atomic E-state index is 12.0. The monoisotopic (exact) mass is 275 g/mol. The Labute approximate surface area is 116 Å². The first-order valence-electron chi connectivity index (χ1n) is 6.58. The molecule has 0 radical (unpaired) electrons. The number of rotatable bonds is 4. The fourth-order valence-electron chi connectivity index (χ4n) is 2.02. The van der Waals surface area contributed by atoms with Gasteiger partial charge in [0.05, 0.1) is 0 Å². The summed E-state index contributed by atoms with van der Waals surface area (Å²) in [6.45, 7) is 2.12. The summed E-state index contributed by atoms with van der Waals surface area (Å²) in [4.78, 5) is 34.4. The van der Waals surface area contributed by atoms with Gasteiger partial charge in [-0.1, -0.05) is 25.5 Å². The number of urea groups is 1. The highest BCUT2D eigenvalue weighted by Crippen LogP contribution is 2.13. The number of nitrogens with one attached hydrogen (secondary N) is 3. The molecule has 1 heterocycles. The molecule has 1 aromatic carbocycles. The predicted molar refractivity (Wildman–Crippen MR) is 74.1 cm³/mol. The van der Waals surface area contributed by atoms with Gasteiger partial charge in [-0.05, 0) is 24.1 Å². The molecule has 1 atom stereocenters. The third-order valence-corrected chi connectivity index (χ3v) is 3.10. The first-order valence-corrected chi connectivity index (χ1v) is 6.58. The third-order valence-electron chi connectivity index (χ3n) is 3.10. The van der Waals surface area contributed by atoms with Crippen molar-refractivity contribution in [1.82, 2.24) is 10.6 Å². The molecule has 0 saturated carbocycles. The molecule has 3 N–H and O–H groups in total. The second-order valence-corrected chi connectivity index (χ2v) is 4.69. The minimum atomic E-state index is -0.900. The van der Waals surface area contributed by atoms with Crippen LogP contribution >= 0.6 is 0 Å². The Morgan fingerprint density at radius 2 is 2.00 bits per heavy atom. The van der Waals surface area contributed by atoms with Crippen LogP contribution in [0, 0.1) is 5.92 Å². The Morgan fingerprint density at radius 3 is 2.60 bits per heavy atom. The van der Waals surface area contributed by atoms with E-state index in [0.29, 0.717) is 5.69 Å². The highest BCUT2D eigenvalue weighted by molar-refractivity contribution is 6.12. The van der Waals surface area contributed by atoms with Crippen molar-refractivity contribution in [3.05, 3.63) is 29.8 Å². The van der Waals surface area contributed by atoms with Gasteiger partial charge >= 0.3 is 6.03 Å². The normalized spacial score (nSPS) is 18.1. The molecule has 6 nitrogen and oxygen atoms in total. The van der Waals surface area contributed by atoms with Crippen molar-refractivity contribution in [2.24, 2.45) is 5.92 Å². The van der Waals surface area contributed by atoms with E-state index in [1.54, 1.807) is 0 Å².